The first-order valence-electron chi connectivity index (χ1n) is 10.2. The van der Waals surface area contributed by atoms with Gasteiger partial charge in [-0.2, -0.15) is 0 Å². The van der Waals surface area contributed by atoms with Crippen molar-refractivity contribution < 1.29 is 19.1 Å². The summed E-state index contributed by atoms with van der Waals surface area (Å²) in [5.41, 5.74) is 10.5. The highest BCUT2D eigenvalue weighted by atomic mass is 16.7. The van der Waals surface area contributed by atoms with Gasteiger partial charge in [0.15, 0.2) is 5.79 Å². The summed E-state index contributed by atoms with van der Waals surface area (Å²) < 4.78 is 11.9. The lowest BCUT2D eigenvalue weighted by atomic mass is 9.88. The maximum atomic E-state index is 12.2. The van der Waals surface area contributed by atoms with E-state index >= 15 is 0 Å². The summed E-state index contributed by atoms with van der Waals surface area (Å²) in [7, 11) is 0. The van der Waals surface area contributed by atoms with Crippen LogP contribution in [0.1, 0.15) is 40.2 Å². The minimum Gasteiger partial charge on any atom is -0.365 e. The molecular weight excluding hydrogens is 384 g/mol. The van der Waals surface area contributed by atoms with E-state index in [1.807, 2.05) is 0 Å². The molecule has 3 N–H and O–H groups in total. The molecule has 8 heteroatoms. The zero-order chi connectivity index (χ0) is 20.9. The second kappa shape index (κ2) is 7.07. The molecule has 1 fully saturated rings. The number of fused-ring (bicyclic) bond motifs is 3. The molecule has 5 rings (SSSR count). The monoisotopic (exact) mass is 408 g/mol. The van der Waals surface area contributed by atoms with Gasteiger partial charge in [0.2, 0.25) is 5.91 Å². The lowest BCUT2D eigenvalue weighted by Gasteiger charge is -2.32. The summed E-state index contributed by atoms with van der Waals surface area (Å²) in [6, 6.07) is 0. The van der Waals surface area contributed by atoms with E-state index in [9.17, 15) is 9.59 Å². The van der Waals surface area contributed by atoms with Gasteiger partial charge in [0, 0.05) is 43.2 Å². The van der Waals surface area contributed by atoms with Gasteiger partial charge in [0.1, 0.15) is 0 Å². The molecule has 0 radical (unpaired) electrons. The predicted octanol–water partition coefficient (Wildman–Crippen LogP) is 1.70. The molecular formula is C22H24N4O4. The minimum absolute atomic E-state index is 0.103. The molecule has 1 saturated heterocycles. The quantitative estimate of drug-likeness (QED) is 0.751. The molecule has 1 spiro atoms. The SMILES string of the molecule is C=CC(=O)N1CCC=C(c2ncc(C(N)=O)c3[nH]c4c(c23)CC2(CC4)OCCO2)C1. The Morgan fingerprint density at radius 3 is 2.87 bits per heavy atom. The third-order valence-electron chi connectivity index (χ3n) is 6.24. The Labute approximate surface area is 173 Å². The molecule has 0 saturated carbocycles. The highest BCUT2D eigenvalue weighted by Crippen LogP contribution is 2.41. The van der Waals surface area contributed by atoms with E-state index in [1.165, 1.54) is 12.3 Å². The fourth-order valence-corrected chi connectivity index (χ4v) is 4.80. The molecule has 1 aliphatic carbocycles. The summed E-state index contributed by atoms with van der Waals surface area (Å²) in [6.45, 7) is 5.85. The lowest BCUT2D eigenvalue weighted by Crippen LogP contribution is -2.37. The van der Waals surface area contributed by atoms with Crippen molar-refractivity contribution in [3.05, 3.63) is 47.4 Å². The fourth-order valence-electron chi connectivity index (χ4n) is 4.80. The maximum Gasteiger partial charge on any atom is 0.252 e. The van der Waals surface area contributed by atoms with Gasteiger partial charge in [-0.3, -0.25) is 14.6 Å². The van der Waals surface area contributed by atoms with Crippen LogP contribution < -0.4 is 5.73 Å². The average Bonchev–Trinajstić information content (AvgIpc) is 3.37. The summed E-state index contributed by atoms with van der Waals surface area (Å²) in [5.74, 6) is -1.25. The average molecular weight is 408 g/mol. The van der Waals surface area contributed by atoms with Crippen LogP contribution in [0.5, 0.6) is 0 Å². The standard InChI is InChI=1S/C22H24N4O4/c1-2-17(27)26-7-3-4-13(12-26)19-18-14-10-22(29-8-9-30-22)6-5-16(14)25-20(18)15(11-24-19)21(23)28/h2,4,11,25H,1,3,5-10,12H2,(H2,23,28). The number of carbonyl (C=O) groups excluding carboxylic acids is 2. The number of H-pyrrole nitrogens is 1. The van der Waals surface area contributed by atoms with Crippen LogP contribution in [0.4, 0.5) is 0 Å². The Hall–Kier alpha value is -2.97. The van der Waals surface area contributed by atoms with Crippen molar-refractivity contribution in [2.75, 3.05) is 26.3 Å². The lowest BCUT2D eigenvalue weighted by molar-refractivity contribution is -0.163. The third-order valence-corrected chi connectivity index (χ3v) is 6.24. The number of nitrogens with one attached hydrogen (secondary N) is 1. The van der Waals surface area contributed by atoms with Crippen molar-refractivity contribution in [2.45, 2.75) is 31.5 Å². The first-order chi connectivity index (χ1) is 14.5. The fraction of sp³-hybridized carbons (Fsp3) is 0.409. The van der Waals surface area contributed by atoms with E-state index < -0.39 is 11.7 Å². The van der Waals surface area contributed by atoms with E-state index in [-0.39, 0.29) is 5.91 Å². The number of amides is 2. The van der Waals surface area contributed by atoms with E-state index in [4.69, 9.17) is 15.2 Å². The number of nitrogens with two attached hydrogens (primary N) is 1. The molecule has 0 aromatic carbocycles. The number of hydrogen-bond acceptors (Lipinski definition) is 5. The van der Waals surface area contributed by atoms with Crippen molar-refractivity contribution in [3.8, 4) is 0 Å². The second-order valence-corrected chi connectivity index (χ2v) is 7.98. The molecule has 0 unspecified atom stereocenters. The molecule has 8 nitrogen and oxygen atoms in total. The van der Waals surface area contributed by atoms with Crippen LogP contribution in [0.25, 0.3) is 16.5 Å². The number of ether oxygens (including phenoxy) is 2. The summed E-state index contributed by atoms with van der Waals surface area (Å²) >= 11 is 0. The zero-order valence-corrected chi connectivity index (χ0v) is 16.7. The summed E-state index contributed by atoms with van der Waals surface area (Å²) in [5, 5.41) is 0.874. The molecule has 0 atom stereocenters. The molecule has 156 valence electrons. The number of nitrogens with zero attached hydrogens (tertiary/aromatic N) is 2. The van der Waals surface area contributed by atoms with Crippen LogP contribution in [0.2, 0.25) is 0 Å². The first kappa shape index (κ1) is 19.0. The molecule has 30 heavy (non-hydrogen) atoms. The summed E-state index contributed by atoms with van der Waals surface area (Å²) in [6.07, 6.45) is 7.79. The Kier molecular flexibility index (Phi) is 4.48. The van der Waals surface area contributed by atoms with Gasteiger partial charge in [-0.15, -0.1) is 0 Å². The Morgan fingerprint density at radius 1 is 1.33 bits per heavy atom. The maximum absolute atomic E-state index is 12.2. The van der Waals surface area contributed by atoms with E-state index in [0.29, 0.717) is 43.8 Å². The number of rotatable bonds is 3. The molecule has 0 bridgehead atoms. The smallest absolute Gasteiger partial charge is 0.252 e. The van der Waals surface area contributed by atoms with Crippen molar-refractivity contribution in [2.24, 2.45) is 5.73 Å². The van der Waals surface area contributed by atoms with Gasteiger partial charge in [-0.25, -0.2) is 0 Å². The van der Waals surface area contributed by atoms with Gasteiger partial charge in [-0.05, 0) is 30.1 Å². The number of hydrogen-bond donors (Lipinski definition) is 2. The van der Waals surface area contributed by atoms with E-state index in [1.54, 1.807) is 4.90 Å². The van der Waals surface area contributed by atoms with Crippen LogP contribution >= 0.6 is 0 Å². The minimum atomic E-state index is -0.617. The Morgan fingerprint density at radius 2 is 2.13 bits per heavy atom. The van der Waals surface area contributed by atoms with Crippen molar-refractivity contribution in [1.82, 2.24) is 14.9 Å². The van der Waals surface area contributed by atoms with Crippen molar-refractivity contribution in [3.63, 3.8) is 0 Å². The van der Waals surface area contributed by atoms with Gasteiger partial charge < -0.3 is 25.1 Å². The molecule has 2 amide bonds. The van der Waals surface area contributed by atoms with Gasteiger partial charge in [0.25, 0.3) is 5.91 Å². The van der Waals surface area contributed by atoms with Gasteiger partial charge >= 0.3 is 0 Å². The van der Waals surface area contributed by atoms with Gasteiger partial charge in [0.05, 0.1) is 30.0 Å². The predicted molar refractivity (Wildman–Crippen MR) is 111 cm³/mol. The highest BCUT2D eigenvalue weighted by Gasteiger charge is 2.42. The van der Waals surface area contributed by atoms with Crippen LogP contribution in [0.15, 0.2) is 24.9 Å². The van der Waals surface area contributed by atoms with Crippen LogP contribution in [0.3, 0.4) is 0 Å². The van der Waals surface area contributed by atoms with Crippen molar-refractivity contribution in [1.29, 1.82) is 0 Å². The number of primary amides is 1. The van der Waals surface area contributed by atoms with E-state index in [2.05, 4.69) is 22.6 Å². The molecule has 4 heterocycles. The number of carbonyl (C=O) groups is 2. The van der Waals surface area contributed by atoms with E-state index in [0.717, 1.165) is 47.2 Å². The topological polar surface area (TPSA) is 111 Å². The highest BCUT2D eigenvalue weighted by molar-refractivity contribution is 6.08. The van der Waals surface area contributed by atoms with Gasteiger partial charge in [-0.1, -0.05) is 12.7 Å². The van der Waals surface area contributed by atoms with Crippen LogP contribution in [0, 0.1) is 0 Å². The zero-order valence-electron chi connectivity index (χ0n) is 16.7. The Bertz CT molecular complexity index is 1090. The number of aromatic nitrogens is 2. The second-order valence-electron chi connectivity index (χ2n) is 7.98. The molecule has 2 aliphatic heterocycles. The number of aryl methyl sites for hydroxylation is 1. The first-order valence-corrected chi connectivity index (χ1v) is 10.2. The van der Waals surface area contributed by atoms with Crippen LogP contribution in [-0.4, -0.2) is 58.8 Å². The molecule has 3 aliphatic rings. The summed E-state index contributed by atoms with van der Waals surface area (Å²) in [4.78, 5) is 34.0. The molecule has 2 aromatic rings. The normalized spacial score (nSPS) is 20.3. The third kappa shape index (κ3) is 2.95. The Balaban J connectivity index is 1.66. The van der Waals surface area contributed by atoms with Crippen molar-refractivity contribution >= 4 is 28.3 Å². The molecule has 2 aromatic heterocycles. The number of pyridine rings is 1. The van der Waals surface area contributed by atoms with Crippen LogP contribution in [-0.2, 0) is 27.1 Å². The number of aromatic amines is 1. The largest absolute Gasteiger partial charge is 0.365 e.